The number of rotatable bonds is 7. The number of carbonyl (C=O) groups is 3. The molecule has 0 spiro atoms. The van der Waals surface area contributed by atoms with Crippen molar-refractivity contribution in [3.05, 3.63) is 58.1 Å². The number of halogens is 2. The summed E-state index contributed by atoms with van der Waals surface area (Å²) in [6, 6.07) is 11.4. The Labute approximate surface area is 195 Å². The number of amides is 3. The highest BCUT2D eigenvalue weighted by atomic mass is 35.5. The third-order valence-electron chi connectivity index (χ3n) is 3.59. The Hall–Kier alpha value is -2.66. The highest BCUT2D eigenvalue weighted by Crippen LogP contribution is 2.27. The van der Waals surface area contributed by atoms with Crippen LogP contribution in [0.4, 0.5) is 16.5 Å². The summed E-state index contributed by atoms with van der Waals surface area (Å²) in [5.41, 5.74) is 1.36. The van der Waals surface area contributed by atoms with Crippen molar-refractivity contribution in [1.82, 2.24) is 10.2 Å². The van der Waals surface area contributed by atoms with Crippen LogP contribution in [-0.4, -0.2) is 33.7 Å². The van der Waals surface area contributed by atoms with Crippen molar-refractivity contribution in [2.24, 2.45) is 0 Å². The van der Waals surface area contributed by atoms with Crippen molar-refractivity contribution < 1.29 is 14.4 Å². The van der Waals surface area contributed by atoms with Gasteiger partial charge in [-0.05, 0) is 36.4 Å². The Morgan fingerprint density at radius 2 is 1.74 bits per heavy atom. The molecule has 0 fully saturated rings. The Morgan fingerprint density at radius 3 is 2.48 bits per heavy atom. The average molecular weight is 496 g/mol. The first-order valence-electron chi connectivity index (χ1n) is 8.70. The summed E-state index contributed by atoms with van der Waals surface area (Å²) in [5, 5.41) is 16.8. The summed E-state index contributed by atoms with van der Waals surface area (Å²) < 4.78 is 0.509. The third kappa shape index (κ3) is 6.93. The first-order chi connectivity index (χ1) is 14.8. The van der Waals surface area contributed by atoms with Gasteiger partial charge in [0.15, 0.2) is 4.34 Å². The van der Waals surface area contributed by atoms with Crippen LogP contribution in [0.3, 0.4) is 0 Å². The van der Waals surface area contributed by atoms with Crippen LogP contribution >= 0.6 is 46.3 Å². The highest BCUT2D eigenvalue weighted by Gasteiger charge is 2.15. The molecule has 0 unspecified atom stereocenters. The Balaban J connectivity index is 1.53. The molecule has 0 atom stereocenters. The maximum atomic E-state index is 12.3. The van der Waals surface area contributed by atoms with Gasteiger partial charge in [-0.3, -0.25) is 19.7 Å². The number of hydrogen-bond acceptors (Lipinski definition) is 7. The molecule has 12 heteroatoms. The second-order valence-electron chi connectivity index (χ2n) is 6.05. The molecule has 160 valence electrons. The number of nitrogens with zero attached hydrogens (tertiary/aromatic N) is 2. The van der Waals surface area contributed by atoms with Crippen LogP contribution in [0, 0.1) is 0 Å². The lowest BCUT2D eigenvalue weighted by atomic mass is 10.2. The van der Waals surface area contributed by atoms with Gasteiger partial charge in [-0.1, -0.05) is 52.4 Å². The summed E-state index contributed by atoms with van der Waals surface area (Å²) in [4.78, 5) is 35.7. The highest BCUT2D eigenvalue weighted by molar-refractivity contribution is 8.01. The van der Waals surface area contributed by atoms with Gasteiger partial charge < -0.3 is 10.6 Å². The van der Waals surface area contributed by atoms with E-state index in [-0.39, 0.29) is 33.3 Å². The fourth-order valence-electron chi connectivity index (χ4n) is 2.36. The second kappa shape index (κ2) is 10.6. The van der Waals surface area contributed by atoms with Crippen LogP contribution in [0.25, 0.3) is 0 Å². The van der Waals surface area contributed by atoms with Crippen LogP contribution in [0.2, 0.25) is 10.0 Å². The van der Waals surface area contributed by atoms with Crippen LogP contribution in [0.1, 0.15) is 17.3 Å². The topological polar surface area (TPSA) is 113 Å². The molecule has 0 saturated carbocycles. The van der Waals surface area contributed by atoms with Crippen molar-refractivity contribution >= 4 is 80.5 Å². The lowest BCUT2D eigenvalue weighted by Crippen LogP contribution is -2.14. The molecule has 1 aromatic heterocycles. The number of benzene rings is 2. The summed E-state index contributed by atoms with van der Waals surface area (Å²) >= 11 is 14.2. The first-order valence-corrected chi connectivity index (χ1v) is 11.3. The molecule has 0 bridgehead atoms. The van der Waals surface area contributed by atoms with Gasteiger partial charge >= 0.3 is 0 Å². The molecule has 0 saturated heterocycles. The summed E-state index contributed by atoms with van der Waals surface area (Å²) in [6.45, 7) is 1.41. The van der Waals surface area contributed by atoms with E-state index < -0.39 is 5.91 Å². The standard InChI is InChI=1S/C19H15Cl2N5O3S2/c1-10(27)22-12-3-2-4-13(8-12)23-16(28)9-30-19-26-25-18(31-19)24-17(29)14-7-11(20)5-6-15(14)21/h2-8H,9H2,1H3,(H,22,27)(H,23,28)(H,24,25,29). The fourth-order valence-corrected chi connectivity index (χ4v) is 4.28. The Kier molecular flexibility index (Phi) is 7.85. The largest absolute Gasteiger partial charge is 0.326 e. The molecule has 2 aromatic carbocycles. The van der Waals surface area contributed by atoms with Gasteiger partial charge in [0.25, 0.3) is 5.91 Å². The van der Waals surface area contributed by atoms with Gasteiger partial charge in [0.2, 0.25) is 16.9 Å². The smallest absolute Gasteiger partial charge is 0.259 e. The zero-order valence-corrected chi connectivity index (χ0v) is 19.1. The maximum absolute atomic E-state index is 12.3. The average Bonchev–Trinajstić information content (AvgIpc) is 3.15. The second-order valence-corrected chi connectivity index (χ2v) is 9.09. The van der Waals surface area contributed by atoms with E-state index in [2.05, 4.69) is 26.1 Å². The van der Waals surface area contributed by atoms with E-state index in [0.29, 0.717) is 20.7 Å². The summed E-state index contributed by atoms with van der Waals surface area (Å²) in [6.07, 6.45) is 0. The molecule has 0 aliphatic carbocycles. The van der Waals surface area contributed by atoms with Gasteiger partial charge in [0.05, 0.1) is 16.3 Å². The van der Waals surface area contributed by atoms with Crippen molar-refractivity contribution in [2.45, 2.75) is 11.3 Å². The SMILES string of the molecule is CC(=O)Nc1cccc(NC(=O)CSc2nnc(NC(=O)c3cc(Cl)ccc3Cl)s2)c1. The zero-order valence-electron chi connectivity index (χ0n) is 15.9. The van der Waals surface area contributed by atoms with Crippen molar-refractivity contribution in [3.63, 3.8) is 0 Å². The van der Waals surface area contributed by atoms with E-state index in [4.69, 9.17) is 23.2 Å². The molecule has 3 N–H and O–H groups in total. The summed E-state index contributed by atoms with van der Waals surface area (Å²) in [7, 11) is 0. The van der Waals surface area contributed by atoms with Crippen LogP contribution in [0.15, 0.2) is 46.8 Å². The van der Waals surface area contributed by atoms with Gasteiger partial charge in [-0.15, -0.1) is 10.2 Å². The number of anilines is 3. The molecule has 8 nitrogen and oxygen atoms in total. The third-order valence-corrected chi connectivity index (χ3v) is 6.13. The number of nitrogens with one attached hydrogen (secondary N) is 3. The van der Waals surface area contributed by atoms with E-state index in [1.807, 2.05) is 0 Å². The normalized spacial score (nSPS) is 10.4. The Bertz CT molecular complexity index is 1140. The minimum atomic E-state index is -0.461. The van der Waals surface area contributed by atoms with E-state index in [1.165, 1.54) is 30.8 Å². The number of carbonyl (C=O) groups excluding carboxylic acids is 3. The maximum Gasteiger partial charge on any atom is 0.259 e. The van der Waals surface area contributed by atoms with Crippen molar-refractivity contribution in [2.75, 3.05) is 21.7 Å². The molecule has 3 amide bonds. The number of aromatic nitrogens is 2. The van der Waals surface area contributed by atoms with E-state index in [9.17, 15) is 14.4 Å². The minimum absolute atomic E-state index is 0.0903. The molecular weight excluding hydrogens is 481 g/mol. The van der Waals surface area contributed by atoms with Gasteiger partial charge in [-0.2, -0.15) is 0 Å². The molecule has 31 heavy (non-hydrogen) atoms. The van der Waals surface area contributed by atoms with E-state index >= 15 is 0 Å². The van der Waals surface area contributed by atoms with Crippen molar-refractivity contribution in [1.29, 1.82) is 0 Å². The molecule has 0 radical (unpaired) electrons. The Morgan fingerprint density at radius 1 is 1.00 bits per heavy atom. The molecule has 0 aliphatic rings. The quantitative estimate of drug-likeness (QED) is 0.320. The monoisotopic (exact) mass is 495 g/mol. The first kappa shape index (κ1) is 23.0. The fraction of sp³-hybridized carbons (Fsp3) is 0.105. The molecule has 3 rings (SSSR count). The van der Waals surface area contributed by atoms with Crippen LogP contribution in [0.5, 0.6) is 0 Å². The number of hydrogen-bond donors (Lipinski definition) is 3. The molecule has 0 aliphatic heterocycles. The van der Waals surface area contributed by atoms with Gasteiger partial charge in [-0.25, -0.2) is 0 Å². The molecular formula is C19H15Cl2N5O3S2. The van der Waals surface area contributed by atoms with Crippen LogP contribution in [-0.2, 0) is 9.59 Å². The summed E-state index contributed by atoms with van der Waals surface area (Å²) in [5.74, 6) is -0.822. The number of thioether (sulfide) groups is 1. The molecule has 1 heterocycles. The predicted molar refractivity (Wildman–Crippen MR) is 124 cm³/mol. The van der Waals surface area contributed by atoms with E-state index in [0.717, 1.165) is 11.3 Å². The lowest BCUT2D eigenvalue weighted by Gasteiger charge is -2.07. The van der Waals surface area contributed by atoms with E-state index in [1.54, 1.807) is 30.3 Å². The zero-order chi connectivity index (χ0) is 22.4. The lowest BCUT2D eigenvalue weighted by molar-refractivity contribution is -0.114. The molecule has 3 aromatic rings. The predicted octanol–water partition coefficient (Wildman–Crippen LogP) is 4.79. The van der Waals surface area contributed by atoms with Crippen LogP contribution < -0.4 is 16.0 Å². The van der Waals surface area contributed by atoms with Gasteiger partial charge in [0, 0.05) is 23.3 Å². The minimum Gasteiger partial charge on any atom is -0.326 e. The van der Waals surface area contributed by atoms with Crippen molar-refractivity contribution in [3.8, 4) is 0 Å². The van der Waals surface area contributed by atoms with Gasteiger partial charge in [0.1, 0.15) is 0 Å².